The minimum Gasteiger partial charge on any atom is -0.148 e. The van der Waals surface area contributed by atoms with Gasteiger partial charge in [-0.2, -0.15) is 0 Å². The van der Waals surface area contributed by atoms with Crippen molar-refractivity contribution in [3.63, 3.8) is 0 Å². The van der Waals surface area contributed by atoms with Gasteiger partial charge < -0.3 is 0 Å². The molecule has 5 aromatic rings. The molecule has 0 radical (unpaired) electrons. The SMILES string of the molecule is c1ccc(C(c2ccccc2)(c2ccccc2)n2nnc(Cc3cccs3)n2)cc1. The Hall–Kier alpha value is -3.57. The van der Waals surface area contributed by atoms with Gasteiger partial charge in [0.05, 0.1) is 0 Å². The first-order valence-electron chi connectivity index (χ1n) is 9.86. The van der Waals surface area contributed by atoms with Crippen LogP contribution in [0.4, 0.5) is 0 Å². The molecule has 146 valence electrons. The van der Waals surface area contributed by atoms with Crippen molar-refractivity contribution in [2.24, 2.45) is 0 Å². The highest BCUT2D eigenvalue weighted by Gasteiger charge is 2.41. The van der Waals surface area contributed by atoms with E-state index < -0.39 is 5.54 Å². The van der Waals surface area contributed by atoms with Crippen LogP contribution in [0.2, 0.25) is 0 Å². The molecule has 0 saturated carbocycles. The predicted octanol–water partition coefficient (Wildman–Crippen LogP) is 5.17. The van der Waals surface area contributed by atoms with E-state index in [0.717, 1.165) is 16.7 Å². The lowest BCUT2D eigenvalue weighted by atomic mass is 9.77. The monoisotopic (exact) mass is 408 g/mol. The van der Waals surface area contributed by atoms with Crippen LogP contribution in [0.15, 0.2) is 109 Å². The van der Waals surface area contributed by atoms with E-state index in [4.69, 9.17) is 5.10 Å². The maximum absolute atomic E-state index is 4.89. The van der Waals surface area contributed by atoms with Gasteiger partial charge in [0.2, 0.25) is 0 Å². The van der Waals surface area contributed by atoms with Gasteiger partial charge >= 0.3 is 0 Å². The zero-order chi connectivity index (χ0) is 20.2. The lowest BCUT2D eigenvalue weighted by molar-refractivity contribution is 0.394. The number of aromatic nitrogens is 4. The highest BCUT2D eigenvalue weighted by Crippen LogP contribution is 2.39. The van der Waals surface area contributed by atoms with Crippen LogP contribution in [0.25, 0.3) is 0 Å². The summed E-state index contributed by atoms with van der Waals surface area (Å²) in [7, 11) is 0. The normalized spacial score (nSPS) is 11.5. The average molecular weight is 409 g/mol. The molecule has 0 bridgehead atoms. The maximum Gasteiger partial charge on any atom is 0.180 e. The Balaban J connectivity index is 1.75. The molecule has 0 atom stereocenters. The number of thiophene rings is 1. The molecule has 2 heterocycles. The summed E-state index contributed by atoms with van der Waals surface area (Å²) in [5.74, 6) is 0.713. The fraction of sp³-hybridized carbons (Fsp3) is 0.0800. The molecular formula is C25H20N4S. The van der Waals surface area contributed by atoms with Gasteiger partial charge in [0.15, 0.2) is 11.4 Å². The molecule has 0 aliphatic heterocycles. The van der Waals surface area contributed by atoms with Crippen molar-refractivity contribution in [3.8, 4) is 0 Å². The molecule has 4 nitrogen and oxygen atoms in total. The van der Waals surface area contributed by atoms with E-state index in [0.29, 0.717) is 12.2 Å². The van der Waals surface area contributed by atoms with Crippen molar-refractivity contribution in [1.29, 1.82) is 0 Å². The Morgan fingerprint density at radius 3 is 1.67 bits per heavy atom. The minimum absolute atomic E-state index is 0.673. The lowest BCUT2D eigenvalue weighted by Crippen LogP contribution is -2.39. The molecule has 0 spiro atoms. The third kappa shape index (κ3) is 3.23. The van der Waals surface area contributed by atoms with Crippen molar-refractivity contribution in [1.82, 2.24) is 20.2 Å². The van der Waals surface area contributed by atoms with Gasteiger partial charge in [-0.05, 0) is 33.4 Å². The Bertz CT molecular complexity index is 1100. The predicted molar refractivity (Wildman–Crippen MR) is 120 cm³/mol. The first-order chi connectivity index (χ1) is 14.9. The second kappa shape index (κ2) is 8.05. The van der Waals surface area contributed by atoms with Gasteiger partial charge in [0, 0.05) is 11.3 Å². The molecule has 0 saturated heterocycles. The first kappa shape index (κ1) is 18.5. The molecule has 0 unspecified atom stereocenters. The number of hydrogen-bond donors (Lipinski definition) is 0. The summed E-state index contributed by atoms with van der Waals surface area (Å²) in [6, 6.07) is 35.3. The first-order valence-corrected chi connectivity index (χ1v) is 10.7. The number of hydrogen-bond acceptors (Lipinski definition) is 4. The lowest BCUT2D eigenvalue weighted by Gasteiger charge is -2.34. The number of tetrazole rings is 1. The molecular weight excluding hydrogens is 388 g/mol. The molecule has 5 heteroatoms. The number of nitrogens with zero attached hydrogens (tertiary/aromatic N) is 4. The van der Waals surface area contributed by atoms with E-state index in [2.05, 4.69) is 94.6 Å². The standard InChI is InChI=1S/C25H20N4S/c1-4-11-20(12-5-1)25(21-13-6-2-7-14-21,22-15-8-3-9-16-22)29-27-24(26-28-29)19-23-17-10-18-30-23/h1-18H,19H2. The van der Waals surface area contributed by atoms with Crippen LogP contribution in [-0.2, 0) is 12.0 Å². The summed E-state index contributed by atoms with van der Waals surface area (Å²) in [6.45, 7) is 0. The molecule has 0 aliphatic carbocycles. The van der Waals surface area contributed by atoms with Crippen LogP contribution in [0.5, 0.6) is 0 Å². The van der Waals surface area contributed by atoms with Crippen LogP contribution in [0.1, 0.15) is 27.4 Å². The van der Waals surface area contributed by atoms with E-state index in [1.807, 2.05) is 24.3 Å². The van der Waals surface area contributed by atoms with Gasteiger partial charge in [-0.15, -0.1) is 26.3 Å². The molecule has 0 N–H and O–H groups in total. The van der Waals surface area contributed by atoms with Crippen LogP contribution < -0.4 is 0 Å². The highest BCUT2D eigenvalue weighted by atomic mass is 32.1. The minimum atomic E-state index is -0.718. The summed E-state index contributed by atoms with van der Waals surface area (Å²) < 4.78 is 0. The van der Waals surface area contributed by atoms with Crippen LogP contribution in [-0.4, -0.2) is 20.2 Å². The van der Waals surface area contributed by atoms with E-state index in [-0.39, 0.29) is 0 Å². The van der Waals surface area contributed by atoms with Crippen molar-refractivity contribution >= 4 is 11.3 Å². The Morgan fingerprint density at radius 1 is 0.667 bits per heavy atom. The largest absolute Gasteiger partial charge is 0.180 e. The van der Waals surface area contributed by atoms with E-state index >= 15 is 0 Å². The van der Waals surface area contributed by atoms with Crippen molar-refractivity contribution < 1.29 is 0 Å². The van der Waals surface area contributed by atoms with E-state index in [1.54, 1.807) is 16.1 Å². The molecule has 2 aromatic heterocycles. The van der Waals surface area contributed by atoms with Crippen molar-refractivity contribution in [3.05, 3.63) is 136 Å². The molecule has 3 aromatic carbocycles. The topological polar surface area (TPSA) is 43.6 Å². The van der Waals surface area contributed by atoms with Crippen LogP contribution in [0.3, 0.4) is 0 Å². The van der Waals surface area contributed by atoms with Gasteiger partial charge in [0.25, 0.3) is 0 Å². The summed E-state index contributed by atoms with van der Waals surface area (Å²) in [4.78, 5) is 3.00. The zero-order valence-corrected chi connectivity index (χ0v) is 17.1. The summed E-state index contributed by atoms with van der Waals surface area (Å²) in [5, 5.41) is 16.0. The van der Waals surface area contributed by atoms with E-state index in [9.17, 15) is 0 Å². The molecule has 0 amide bonds. The number of benzene rings is 3. The van der Waals surface area contributed by atoms with Crippen molar-refractivity contribution in [2.75, 3.05) is 0 Å². The average Bonchev–Trinajstić information content (AvgIpc) is 3.50. The van der Waals surface area contributed by atoms with Gasteiger partial charge in [0.1, 0.15) is 0 Å². The fourth-order valence-electron chi connectivity index (χ4n) is 3.91. The number of rotatable bonds is 6. The third-order valence-electron chi connectivity index (χ3n) is 5.24. The van der Waals surface area contributed by atoms with Gasteiger partial charge in [-0.1, -0.05) is 97.1 Å². The quantitative estimate of drug-likeness (QED) is 0.364. The maximum atomic E-state index is 4.89. The summed E-state index contributed by atoms with van der Waals surface area (Å²) in [5.41, 5.74) is 2.54. The molecule has 0 aliphatic rings. The molecule has 5 rings (SSSR count). The molecule has 30 heavy (non-hydrogen) atoms. The Kier molecular flexibility index (Phi) is 4.95. The summed E-state index contributed by atoms with van der Waals surface area (Å²) >= 11 is 1.71. The smallest absolute Gasteiger partial charge is 0.148 e. The van der Waals surface area contributed by atoms with Crippen LogP contribution in [0, 0.1) is 0 Å². The van der Waals surface area contributed by atoms with Gasteiger partial charge in [-0.3, -0.25) is 0 Å². The zero-order valence-electron chi connectivity index (χ0n) is 16.3. The van der Waals surface area contributed by atoms with Crippen LogP contribution >= 0.6 is 11.3 Å². The van der Waals surface area contributed by atoms with E-state index in [1.165, 1.54) is 4.88 Å². The Morgan fingerprint density at radius 2 is 1.20 bits per heavy atom. The third-order valence-corrected chi connectivity index (χ3v) is 6.12. The summed E-state index contributed by atoms with van der Waals surface area (Å²) in [6.07, 6.45) is 0.673. The van der Waals surface area contributed by atoms with Gasteiger partial charge in [-0.25, -0.2) is 0 Å². The van der Waals surface area contributed by atoms with Crippen molar-refractivity contribution in [2.45, 2.75) is 12.0 Å². The highest BCUT2D eigenvalue weighted by molar-refractivity contribution is 7.09. The second-order valence-electron chi connectivity index (χ2n) is 7.06. The second-order valence-corrected chi connectivity index (χ2v) is 8.09. The Labute approximate surface area is 179 Å². The fourth-order valence-corrected chi connectivity index (χ4v) is 4.61. The molecule has 0 fully saturated rings.